The maximum Gasteiger partial charge on any atom is 0.330 e. The first-order chi connectivity index (χ1) is 8.29. The molecule has 0 aromatic heterocycles. The van der Waals surface area contributed by atoms with Crippen molar-refractivity contribution >= 4 is 23.6 Å². The Hall–Kier alpha value is -0.790. The molecule has 0 saturated carbocycles. The van der Waals surface area contributed by atoms with E-state index in [1.54, 1.807) is 6.92 Å². The molecule has 6 nitrogen and oxygen atoms in total. The maximum absolute atomic E-state index is 12.1. The maximum atomic E-state index is 12.1. The smallest absolute Gasteiger partial charge is 0.330 e. The van der Waals surface area contributed by atoms with Crippen LogP contribution in [0.4, 0.5) is 0 Å². The summed E-state index contributed by atoms with van der Waals surface area (Å²) in [5.74, 6) is -0.741. The molecule has 102 valence electrons. The molecular formula is C11H18N2O4S. The summed E-state index contributed by atoms with van der Waals surface area (Å²) in [6, 6.07) is -0.605. The highest BCUT2D eigenvalue weighted by atomic mass is 32.2. The van der Waals surface area contributed by atoms with Gasteiger partial charge < -0.3 is 14.4 Å². The fourth-order valence-corrected chi connectivity index (χ4v) is 4.06. The summed E-state index contributed by atoms with van der Waals surface area (Å²) in [7, 11) is 1.40. The van der Waals surface area contributed by atoms with Gasteiger partial charge in [-0.3, -0.25) is 10.5 Å². The summed E-state index contributed by atoms with van der Waals surface area (Å²) in [5, 5.41) is -0.334. The van der Waals surface area contributed by atoms with Crippen molar-refractivity contribution in [3.05, 3.63) is 0 Å². The highest BCUT2D eigenvalue weighted by molar-refractivity contribution is 8.01. The average molecular weight is 274 g/mol. The second kappa shape index (κ2) is 4.11. The Morgan fingerprint density at radius 2 is 2.17 bits per heavy atom. The quantitative estimate of drug-likeness (QED) is 0.440. The normalized spacial score (nSPS) is 37.2. The molecule has 2 rings (SSSR count). The summed E-state index contributed by atoms with van der Waals surface area (Å²) in [5.41, 5.74) is 4.59. The third-order valence-corrected chi connectivity index (χ3v) is 5.02. The van der Waals surface area contributed by atoms with Crippen LogP contribution in [-0.4, -0.2) is 52.4 Å². The molecule has 2 aliphatic heterocycles. The van der Waals surface area contributed by atoms with Crippen LogP contribution in [0.25, 0.3) is 0 Å². The number of hydrogen-bond donors (Lipinski definition) is 1. The Labute approximate surface area is 110 Å². The number of thioether (sulfide) groups is 1. The molecule has 18 heavy (non-hydrogen) atoms. The zero-order valence-electron chi connectivity index (χ0n) is 10.9. The number of carbonyl (C=O) groups is 2. The molecule has 3 atom stereocenters. The SMILES string of the molecule is CCOC(=O)C1N2C(=O)C(N)(OC)C2SC1(C)C. The molecule has 2 N–H and O–H groups in total. The number of fused-ring (bicyclic) bond motifs is 1. The first-order valence-electron chi connectivity index (χ1n) is 5.81. The van der Waals surface area contributed by atoms with E-state index in [0.29, 0.717) is 6.61 Å². The lowest BCUT2D eigenvalue weighted by Crippen LogP contribution is -2.78. The van der Waals surface area contributed by atoms with Crippen molar-refractivity contribution in [1.82, 2.24) is 4.90 Å². The first kappa shape index (κ1) is 13.6. The van der Waals surface area contributed by atoms with Crippen molar-refractivity contribution in [3.8, 4) is 0 Å². The topological polar surface area (TPSA) is 81.9 Å². The molecule has 0 aromatic rings. The largest absolute Gasteiger partial charge is 0.464 e. The highest BCUT2D eigenvalue weighted by Gasteiger charge is 2.71. The Morgan fingerprint density at radius 1 is 1.56 bits per heavy atom. The number of hydrogen-bond acceptors (Lipinski definition) is 6. The van der Waals surface area contributed by atoms with Gasteiger partial charge >= 0.3 is 5.97 Å². The van der Waals surface area contributed by atoms with Crippen LogP contribution in [-0.2, 0) is 19.1 Å². The van der Waals surface area contributed by atoms with Crippen LogP contribution in [0.3, 0.4) is 0 Å². The number of esters is 1. The second-order valence-electron chi connectivity index (χ2n) is 4.94. The Morgan fingerprint density at radius 3 is 2.67 bits per heavy atom. The lowest BCUT2D eigenvalue weighted by atomic mass is 9.94. The van der Waals surface area contributed by atoms with Crippen LogP contribution in [0.5, 0.6) is 0 Å². The molecule has 2 aliphatic rings. The van der Waals surface area contributed by atoms with Crippen molar-refractivity contribution in [3.63, 3.8) is 0 Å². The Balaban J connectivity index is 2.28. The van der Waals surface area contributed by atoms with Gasteiger partial charge in [0.2, 0.25) is 5.72 Å². The summed E-state index contributed by atoms with van der Waals surface area (Å²) in [6.07, 6.45) is 0. The van der Waals surface area contributed by atoms with Gasteiger partial charge in [0, 0.05) is 11.9 Å². The number of ether oxygens (including phenoxy) is 2. The minimum absolute atomic E-state index is 0.292. The molecule has 3 unspecified atom stereocenters. The summed E-state index contributed by atoms with van der Waals surface area (Å²) in [4.78, 5) is 25.5. The molecule has 7 heteroatoms. The molecule has 2 saturated heterocycles. The predicted molar refractivity (Wildman–Crippen MR) is 66.7 cm³/mol. The number of amides is 1. The minimum Gasteiger partial charge on any atom is -0.464 e. The number of nitrogens with two attached hydrogens (primary N) is 1. The molecule has 0 spiro atoms. The summed E-state index contributed by atoms with van der Waals surface area (Å²) < 4.78 is 9.69. The van der Waals surface area contributed by atoms with Crippen LogP contribution >= 0.6 is 11.8 Å². The van der Waals surface area contributed by atoms with E-state index in [9.17, 15) is 9.59 Å². The van der Waals surface area contributed by atoms with Crippen molar-refractivity contribution in [2.45, 2.75) is 42.7 Å². The van der Waals surface area contributed by atoms with Gasteiger partial charge in [0.05, 0.1) is 6.61 Å². The van der Waals surface area contributed by atoms with E-state index in [-0.39, 0.29) is 17.3 Å². The van der Waals surface area contributed by atoms with Gasteiger partial charge in [-0.25, -0.2) is 4.79 Å². The molecule has 2 heterocycles. The molecule has 1 amide bonds. The van der Waals surface area contributed by atoms with E-state index in [4.69, 9.17) is 15.2 Å². The highest BCUT2D eigenvalue weighted by Crippen LogP contribution is 2.54. The lowest BCUT2D eigenvalue weighted by molar-refractivity contribution is -0.193. The first-order valence-corrected chi connectivity index (χ1v) is 6.68. The summed E-state index contributed by atoms with van der Waals surface area (Å²) in [6.45, 7) is 5.84. The van der Waals surface area contributed by atoms with E-state index < -0.39 is 16.5 Å². The zero-order valence-corrected chi connectivity index (χ0v) is 11.7. The molecule has 0 aromatic carbocycles. The van der Waals surface area contributed by atoms with E-state index in [0.717, 1.165) is 0 Å². The van der Waals surface area contributed by atoms with Gasteiger partial charge in [0.25, 0.3) is 5.91 Å². The van der Waals surface area contributed by atoms with Crippen LogP contribution in [0, 0.1) is 0 Å². The van der Waals surface area contributed by atoms with Crippen molar-refractivity contribution in [1.29, 1.82) is 0 Å². The zero-order chi connectivity index (χ0) is 13.7. The van der Waals surface area contributed by atoms with E-state index in [1.165, 1.54) is 23.8 Å². The Kier molecular flexibility index (Phi) is 3.11. The Bertz CT molecular complexity index is 401. The van der Waals surface area contributed by atoms with Gasteiger partial charge in [0.1, 0.15) is 11.4 Å². The lowest BCUT2D eigenvalue weighted by Gasteiger charge is -2.49. The van der Waals surface area contributed by atoms with Gasteiger partial charge in [-0.15, -0.1) is 11.8 Å². The van der Waals surface area contributed by atoms with Gasteiger partial charge in [-0.05, 0) is 20.8 Å². The predicted octanol–water partition coefficient (Wildman–Crippen LogP) is -0.0868. The minimum atomic E-state index is -1.32. The van der Waals surface area contributed by atoms with Crippen LogP contribution in [0.1, 0.15) is 20.8 Å². The molecule has 0 radical (unpaired) electrons. The number of rotatable bonds is 3. The number of β-lactam (4-membered cyclic amide) rings is 1. The van der Waals surface area contributed by atoms with Crippen molar-refractivity contribution < 1.29 is 19.1 Å². The average Bonchev–Trinajstić information content (AvgIpc) is 2.58. The monoisotopic (exact) mass is 274 g/mol. The standard InChI is InChI=1S/C11H18N2O4S/c1-5-17-7(14)6-10(2,3)18-9-11(12,16-4)8(15)13(6)9/h6,9H,5,12H2,1-4H3. The number of methoxy groups -OCH3 is 1. The third-order valence-electron chi connectivity index (χ3n) is 3.39. The van der Waals surface area contributed by atoms with Crippen LogP contribution in [0.2, 0.25) is 0 Å². The van der Waals surface area contributed by atoms with E-state index in [2.05, 4.69) is 0 Å². The third kappa shape index (κ3) is 1.57. The molecular weight excluding hydrogens is 256 g/mol. The van der Waals surface area contributed by atoms with Gasteiger partial charge in [-0.1, -0.05) is 0 Å². The van der Waals surface area contributed by atoms with E-state index >= 15 is 0 Å². The van der Waals surface area contributed by atoms with Gasteiger partial charge in [-0.2, -0.15) is 0 Å². The van der Waals surface area contributed by atoms with Crippen LogP contribution < -0.4 is 5.73 Å². The fraction of sp³-hybridized carbons (Fsp3) is 0.818. The number of nitrogens with zero attached hydrogens (tertiary/aromatic N) is 1. The van der Waals surface area contributed by atoms with Crippen molar-refractivity contribution in [2.24, 2.45) is 5.73 Å². The van der Waals surface area contributed by atoms with E-state index in [1.807, 2.05) is 13.8 Å². The van der Waals surface area contributed by atoms with Gasteiger partial charge in [0.15, 0.2) is 0 Å². The second-order valence-corrected chi connectivity index (χ2v) is 6.67. The summed E-state index contributed by atoms with van der Waals surface area (Å²) >= 11 is 1.47. The van der Waals surface area contributed by atoms with Crippen LogP contribution in [0.15, 0.2) is 0 Å². The number of carbonyl (C=O) groups excluding carboxylic acids is 2. The fourth-order valence-electron chi connectivity index (χ4n) is 2.45. The molecule has 0 bridgehead atoms. The molecule has 0 aliphatic carbocycles. The molecule has 2 fully saturated rings. The van der Waals surface area contributed by atoms with Crippen molar-refractivity contribution in [2.75, 3.05) is 13.7 Å².